The number of rotatable bonds is 4. The molecule has 3 N–H and O–H groups in total. The van der Waals surface area contributed by atoms with E-state index in [0.29, 0.717) is 29.1 Å². The molecule has 5 rings (SSSR count). The normalized spacial score (nSPS) is 17.4. The van der Waals surface area contributed by atoms with Gasteiger partial charge in [0.15, 0.2) is 0 Å². The van der Waals surface area contributed by atoms with Crippen LogP contribution < -0.4 is 0 Å². The predicted octanol–water partition coefficient (Wildman–Crippen LogP) is 9.16. The maximum Gasteiger partial charge on any atom is 0.126 e. The maximum atomic E-state index is 11.4. The van der Waals surface area contributed by atoms with Crippen LogP contribution in [0.3, 0.4) is 0 Å². The Balaban J connectivity index is 1.69. The van der Waals surface area contributed by atoms with E-state index >= 15 is 0 Å². The first kappa shape index (κ1) is 24.7. The van der Waals surface area contributed by atoms with E-state index < -0.39 is 0 Å². The number of hydrogen-bond donors (Lipinski definition) is 3. The van der Waals surface area contributed by atoms with E-state index in [4.69, 9.17) is 0 Å². The van der Waals surface area contributed by atoms with Gasteiger partial charge >= 0.3 is 0 Å². The molecule has 190 valence electrons. The summed E-state index contributed by atoms with van der Waals surface area (Å²) in [5, 5.41) is 33.2. The lowest BCUT2D eigenvalue weighted by Crippen LogP contribution is -2.06. The molecule has 2 aliphatic carbocycles. The highest BCUT2D eigenvalue weighted by molar-refractivity contribution is 5.91. The SMILES string of the molecule is Cc1cc(O)c(C2CCCCC2)cc1-c1ccc(C)c(O)c1-c1cc(C2CCCCC2)c(O)cc1C. The lowest BCUT2D eigenvalue weighted by Gasteiger charge is -2.26. The Morgan fingerprint density at radius 3 is 1.53 bits per heavy atom. The van der Waals surface area contributed by atoms with Crippen molar-refractivity contribution < 1.29 is 15.3 Å². The first-order chi connectivity index (χ1) is 17.3. The minimum atomic E-state index is 0.294. The summed E-state index contributed by atoms with van der Waals surface area (Å²) in [6, 6.07) is 12.2. The van der Waals surface area contributed by atoms with E-state index in [1.165, 1.54) is 38.5 Å². The van der Waals surface area contributed by atoms with Gasteiger partial charge in [-0.1, -0.05) is 50.7 Å². The second kappa shape index (κ2) is 10.2. The van der Waals surface area contributed by atoms with Crippen LogP contribution in [0.25, 0.3) is 22.3 Å². The molecule has 0 heterocycles. The molecule has 0 amide bonds. The maximum absolute atomic E-state index is 11.4. The van der Waals surface area contributed by atoms with Crippen LogP contribution in [0, 0.1) is 20.8 Å². The van der Waals surface area contributed by atoms with Gasteiger partial charge in [0, 0.05) is 5.56 Å². The molecule has 3 nitrogen and oxygen atoms in total. The first-order valence-electron chi connectivity index (χ1n) is 13.9. The van der Waals surface area contributed by atoms with Gasteiger partial charge in [-0.25, -0.2) is 0 Å². The Labute approximate surface area is 215 Å². The molecule has 0 unspecified atom stereocenters. The van der Waals surface area contributed by atoms with Gasteiger partial charge in [-0.15, -0.1) is 0 Å². The average molecular weight is 485 g/mol. The van der Waals surface area contributed by atoms with Crippen LogP contribution in [-0.4, -0.2) is 15.3 Å². The molecule has 0 radical (unpaired) electrons. The fourth-order valence-corrected chi connectivity index (χ4v) is 6.65. The molecule has 0 saturated heterocycles. The smallest absolute Gasteiger partial charge is 0.126 e. The van der Waals surface area contributed by atoms with Crippen molar-refractivity contribution >= 4 is 0 Å². The third kappa shape index (κ3) is 4.61. The van der Waals surface area contributed by atoms with Gasteiger partial charge in [0.1, 0.15) is 17.2 Å². The molecule has 0 bridgehead atoms. The highest BCUT2D eigenvalue weighted by Gasteiger charge is 2.25. The van der Waals surface area contributed by atoms with E-state index in [1.807, 2.05) is 39.0 Å². The van der Waals surface area contributed by atoms with Gasteiger partial charge in [0.2, 0.25) is 0 Å². The second-order valence-corrected chi connectivity index (χ2v) is 11.3. The van der Waals surface area contributed by atoms with Crippen molar-refractivity contribution in [2.75, 3.05) is 0 Å². The van der Waals surface area contributed by atoms with Crippen molar-refractivity contribution in [3.8, 4) is 39.5 Å². The van der Waals surface area contributed by atoms with Gasteiger partial charge in [-0.3, -0.25) is 0 Å². The monoisotopic (exact) mass is 484 g/mol. The molecule has 0 spiro atoms. The van der Waals surface area contributed by atoms with E-state index in [9.17, 15) is 15.3 Å². The Bertz CT molecular complexity index is 1260. The third-order valence-corrected chi connectivity index (χ3v) is 8.78. The van der Waals surface area contributed by atoms with Gasteiger partial charge in [0.05, 0.1) is 0 Å². The van der Waals surface area contributed by atoms with Gasteiger partial charge in [-0.05, 0) is 127 Å². The van der Waals surface area contributed by atoms with Crippen molar-refractivity contribution in [3.05, 3.63) is 64.2 Å². The van der Waals surface area contributed by atoms with E-state index in [2.05, 4.69) is 18.2 Å². The van der Waals surface area contributed by atoms with Crippen LogP contribution in [-0.2, 0) is 0 Å². The van der Waals surface area contributed by atoms with Crippen LogP contribution in [0.15, 0.2) is 36.4 Å². The van der Waals surface area contributed by atoms with Gasteiger partial charge in [-0.2, -0.15) is 0 Å². The number of aromatic hydroxyl groups is 3. The van der Waals surface area contributed by atoms with E-state index in [0.717, 1.165) is 75.8 Å². The number of benzene rings is 3. The molecule has 0 aromatic heterocycles. The lowest BCUT2D eigenvalue weighted by atomic mass is 9.79. The summed E-state index contributed by atoms with van der Waals surface area (Å²) in [6.07, 6.45) is 11.8. The first-order valence-corrected chi connectivity index (χ1v) is 13.9. The van der Waals surface area contributed by atoms with Crippen LogP contribution in [0.2, 0.25) is 0 Å². The Morgan fingerprint density at radius 2 is 1.00 bits per heavy atom. The summed E-state index contributed by atoms with van der Waals surface area (Å²) in [5.41, 5.74) is 8.69. The number of phenols is 3. The standard InChI is InChI=1S/C33H40O3/c1-20-14-15-25(26-18-28(30(34)16-21(26)2)23-10-6-4-7-11-23)32(33(20)36)27-19-29(31(35)17-22(27)3)24-12-8-5-9-13-24/h14-19,23-24,34-36H,4-13H2,1-3H3. The fraction of sp³-hybridized carbons (Fsp3) is 0.455. The average Bonchev–Trinajstić information content (AvgIpc) is 2.87. The molecule has 3 aromatic rings. The summed E-state index contributed by atoms with van der Waals surface area (Å²) in [5.74, 6) is 1.80. The Hall–Kier alpha value is -2.94. The predicted molar refractivity (Wildman–Crippen MR) is 148 cm³/mol. The highest BCUT2D eigenvalue weighted by Crippen LogP contribution is 2.48. The van der Waals surface area contributed by atoms with Crippen molar-refractivity contribution in [1.82, 2.24) is 0 Å². The Kier molecular flexibility index (Phi) is 7.01. The highest BCUT2D eigenvalue weighted by atomic mass is 16.3. The molecule has 36 heavy (non-hydrogen) atoms. The van der Waals surface area contributed by atoms with Gasteiger partial charge < -0.3 is 15.3 Å². The zero-order valence-corrected chi connectivity index (χ0v) is 22.0. The van der Waals surface area contributed by atoms with Crippen LogP contribution in [0.5, 0.6) is 17.2 Å². The topological polar surface area (TPSA) is 60.7 Å². The van der Waals surface area contributed by atoms with Crippen LogP contribution >= 0.6 is 0 Å². The molecule has 2 saturated carbocycles. The Morgan fingerprint density at radius 1 is 0.528 bits per heavy atom. The summed E-state index contributed by atoms with van der Waals surface area (Å²) >= 11 is 0. The van der Waals surface area contributed by atoms with Crippen molar-refractivity contribution in [2.24, 2.45) is 0 Å². The third-order valence-electron chi connectivity index (χ3n) is 8.78. The largest absolute Gasteiger partial charge is 0.508 e. The van der Waals surface area contributed by atoms with Crippen LogP contribution in [0.4, 0.5) is 0 Å². The second-order valence-electron chi connectivity index (χ2n) is 11.3. The fourth-order valence-electron chi connectivity index (χ4n) is 6.65. The zero-order valence-electron chi connectivity index (χ0n) is 22.0. The summed E-state index contributed by atoms with van der Waals surface area (Å²) in [4.78, 5) is 0. The van der Waals surface area contributed by atoms with E-state index in [-0.39, 0.29) is 0 Å². The molecular formula is C33H40O3. The summed E-state index contributed by atoms with van der Waals surface area (Å²) in [7, 11) is 0. The molecule has 3 aromatic carbocycles. The minimum Gasteiger partial charge on any atom is -0.508 e. The van der Waals surface area contributed by atoms with Crippen molar-refractivity contribution in [1.29, 1.82) is 0 Å². The molecule has 3 heteroatoms. The molecule has 0 atom stereocenters. The van der Waals surface area contributed by atoms with Crippen LogP contribution in [0.1, 0.15) is 104 Å². The number of phenolic OH excluding ortho intramolecular Hbond substituents is 3. The van der Waals surface area contributed by atoms with Crippen molar-refractivity contribution in [2.45, 2.75) is 96.8 Å². The summed E-state index contributed by atoms with van der Waals surface area (Å²) in [6.45, 7) is 6.00. The van der Waals surface area contributed by atoms with Crippen molar-refractivity contribution in [3.63, 3.8) is 0 Å². The van der Waals surface area contributed by atoms with E-state index in [1.54, 1.807) is 0 Å². The number of hydrogen-bond acceptors (Lipinski definition) is 3. The quantitative estimate of drug-likeness (QED) is 0.346. The molecule has 2 fully saturated rings. The molecule has 2 aliphatic rings. The lowest BCUT2D eigenvalue weighted by molar-refractivity contribution is 0.414. The molecule has 0 aliphatic heterocycles. The summed E-state index contributed by atoms with van der Waals surface area (Å²) < 4.78 is 0. The molecular weight excluding hydrogens is 444 g/mol. The number of aryl methyl sites for hydroxylation is 3. The van der Waals surface area contributed by atoms with Gasteiger partial charge in [0.25, 0.3) is 0 Å². The minimum absolute atomic E-state index is 0.294. The zero-order chi connectivity index (χ0) is 25.4.